The summed E-state index contributed by atoms with van der Waals surface area (Å²) in [4.78, 5) is 0. The predicted octanol–water partition coefficient (Wildman–Crippen LogP) is 2.20. The predicted molar refractivity (Wildman–Crippen MR) is 34.5 cm³/mol. The van der Waals surface area contributed by atoms with Crippen LogP contribution >= 0.6 is 0 Å². The molecule has 0 radical (unpaired) electrons. The van der Waals surface area contributed by atoms with E-state index in [1.54, 1.807) is 0 Å². The molecule has 0 aromatic heterocycles. The Morgan fingerprint density at radius 1 is 1.12 bits per heavy atom. The highest BCUT2D eigenvalue weighted by Crippen LogP contribution is 1.93. The maximum absolute atomic E-state index is 2.91. The zero-order chi connectivity index (χ0) is 5.66. The first-order chi connectivity index (χ1) is 4.00. The number of rotatable bonds is 0. The average molecular weight is 104 g/mol. The third-order valence-electron chi connectivity index (χ3n) is 0.979. The van der Waals surface area contributed by atoms with Crippen LogP contribution in [-0.4, -0.2) is 0 Å². The fourth-order valence-electron chi connectivity index (χ4n) is 0.571. The van der Waals surface area contributed by atoms with Crippen molar-refractivity contribution in [3.8, 4) is 0 Å². The summed E-state index contributed by atoms with van der Waals surface area (Å²) in [5, 5.41) is 0. The highest BCUT2D eigenvalue weighted by Gasteiger charge is 1.73. The molecule has 0 nitrogen and oxygen atoms in total. The van der Waals surface area contributed by atoms with Crippen LogP contribution in [0.15, 0.2) is 35.8 Å². The Labute approximate surface area is 49.5 Å². The number of hydrogen-bond acceptors (Lipinski definition) is 0. The van der Waals surface area contributed by atoms with Gasteiger partial charge in [-0.3, -0.25) is 0 Å². The zero-order valence-corrected chi connectivity index (χ0v) is 4.72. The summed E-state index contributed by atoms with van der Waals surface area (Å²) in [6.07, 6.45) is 10.2. The molecule has 8 heavy (non-hydrogen) atoms. The number of hydrogen-bond donors (Lipinski definition) is 0. The third kappa shape index (κ3) is 1.66. The molecule has 0 spiro atoms. The second kappa shape index (κ2) is 3.10. The van der Waals surface area contributed by atoms with E-state index in [1.165, 1.54) is 0 Å². The fraction of sp³-hybridized carbons (Fsp3) is 0.250. The SMILES string of the molecule is C1=C=CCCC=CC=1. The standard InChI is InChI=1S/C8H8/c1-2-4-6-8-7-5-3-1/h1-3,8H,4,6H2. The molecule has 0 heterocycles. The van der Waals surface area contributed by atoms with Gasteiger partial charge in [0.15, 0.2) is 0 Å². The summed E-state index contributed by atoms with van der Waals surface area (Å²) in [5.41, 5.74) is 5.78. The lowest BCUT2D eigenvalue weighted by Crippen LogP contribution is -1.62. The Balaban J connectivity index is 2.77. The van der Waals surface area contributed by atoms with Crippen molar-refractivity contribution >= 4 is 0 Å². The molecule has 0 saturated heterocycles. The minimum Gasteiger partial charge on any atom is -0.0836 e. The second-order valence-corrected chi connectivity index (χ2v) is 1.66. The topological polar surface area (TPSA) is 0 Å². The van der Waals surface area contributed by atoms with E-state index in [2.05, 4.69) is 17.5 Å². The molecule has 0 unspecified atom stereocenters. The molecule has 0 aliphatic heterocycles. The first-order valence-electron chi connectivity index (χ1n) is 2.81. The van der Waals surface area contributed by atoms with Crippen molar-refractivity contribution < 1.29 is 0 Å². The van der Waals surface area contributed by atoms with Crippen LogP contribution in [0.3, 0.4) is 0 Å². The van der Waals surface area contributed by atoms with Crippen LogP contribution in [-0.2, 0) is 0 Å². The molecule has 1 aliphatic rings. The van der Waals surface area contributed by atoms with Gasteiger partial charge in [-0.15, -0.1) is 0 Å². The lowest BCUT2D eigenvalue weighted by Gasteiger charge is -1.81. The number of allylic oxidation sites excluding steroid dienone is 4. The minimum absolute atomic E-state index is 1.09. The van der Waals surface area contributed by atoms with Crippen molar-refractivity contribution in [1.29, 1.82) is 0 Å². The van der Waals surface area contributed by atoms with E-state index in [9.17, 15) is 0 Å². The normalized spacial score (nSPS) is 16.0. The maximum atomic E-state index is 2.91. The lowest BCUT2D eigenvalue weighted by molar-refractivity contribution is 1.05. The second-order valence-electron chi connectivity index (χ2n) is 1.66. The van der Waals surface area contributed by atoms with Crippen LogP contribution in [0, 0.1) is 0 Å². The Kier molecular flexibility index (Phi) is 2.01. The molecule has 40 valence electrons. The van der Waals surface area contributed by atoms with Crippen molar-refractivity contribution in [2.45, 2.75) is 12.8 Å². The molecular formula is C8H8. The van der Waals surface area contributed by atoms with Gasteiger partial charge in [0.25, 0.3) is 0 Å². The summed E-state index contributed by atoms with van der Waals surface area (Å²) >= 11 is 0. The van der Waals surface area contributed by atoms with Crippen LogP contribution in [0.5, 0.6) is 0 Å². The summed E-state index contributed by atoms with van der Waals surface area (Å²) in [6, 6.07) is 0. The van der Waals surface area contributed by atoms with Gasteiger partial charge in [-0.2, -0.15) is 0 Å². The van der Waals surface area contributed by atoms with Crippen LogP contribution < -0.4 is 0 Å². The zero-order valence-electron chi connectivity index (χ0n) is 4.72. The summed E-state index contributed by atoms with van der Waals surface area (Å²) in [7, 11) is 0. The lowest BCUT2D eigenvalue weighted by atomic mass is 10.2. The largest absolute Gasteiger partial charge is 0.0836 e. The Morgan fingerprint density at radius 2 is 2.12 bits per heavy atom. The molecule has 0 N–H and O–H groups in total. The summed E-state index contributed by atoms with van der Waals surface area (Å²) in [5.74, 6) is 0. The highest BCUT2D eigenvalue weighted by atomic mass is 13.8. The monoisotopic (exact) mass is 104 g/mol. The van der Waals surface area contributed by atoms with Gasteiger partial charge in [-0.1, -0.05) is 23.6 Å². The minimum atomic E-state index is 1.09. The van der Waals surface area contributed by atoms with Gasteiger partial charge in [-0.05, 0) is 25.0 Å². The van der Waals surface area contributed by atoms with Gasteiger partial charge in [0.05, 0.1) is 0 Å². The Bertz CT molecular complexity index is 172. The van der Waals surface area contributed by atoms with Gasteiger partial charge in [0, 0.05) is 0 Å². The van der Waals surface area contributed by atoms with Crippen LogP contribution in [0.25, 0.3) is 0 Å². The van der Waals surface area contributed by atoms with Crippen LogP contribution in [0.2, 0.25) is 0 Å². The molecule has 0 bridgehead atoms. The molecule has 0 amide bonds. The summed E-state index contributed by atoms with van der Waals surface area (Å²) < 4.78 is 0. The van der Waals surface area contributed by atoms with E-state index in [1.807, 2.05) is 18.2 Å². The molecule has 0 heteroatoms. The molecular weight excluding hydrogens is 96.1 g/mol. The van der Waals surface area contributed by atoms with E-state index in [-0.39, 0.29) is 0 Å². The van der Waals surface area contributed by atoms with E-state index < -0.39 is 0 Å². The molecule has 0 aromatic carbocycles. The first-order valence-corrected chi connectivity index (χ1v) is 2.81. The van der Waals surface area contributed by atoms with E-state index in [0.29, 0.717) is 0 Å². The molecule has 0 fully saturated rings. The van der Waals surface area contributed by atoms with Gasteiger partial charge in [0.1, 0.15) is 0 Å². The van der Waals surface area contributed by atoms with Crippen molar-refractivity contribution in [3.63, 3.8) is 0 Å². The van der Waals surface area contributed by atoms with Crippen molar-refractivity contribution in [3.05, 3.63) is 35.8 Å². The Hall–Kier alpha value is -0.960. The van der Waals surface area contributed by atoms with Crippen molar-refractivity contribution in [2.24, 2.45) is 0 Å². The van der Waals surface area contributed by atoms with Crippen molar-refractivity contribution in [1.82, 2.24) is 0 Å². The van der Waals surface area contributed by atoms with Crippen LogP contribution in [0.1, 0.15) is 12.8 Å². The molecule has 1 aliphatic carbocycles. The summed E-state index contributed by atoms with van der Waals surface area (Å²) in [6.45, 7) is 0. The first kappa shape index (κ1) is 5.18. The fourth-order valence-corrected chi connectivity index (χ4v) is 0.571. The quantitative estimate of drug-likeness (QED) is 0.413. The van der Waals surface area contributed by atoms with E-state index in [4.69, 9.17) is 0 Å². The molecule has 0 aromatic rings. The maximum Gasteiger partial charge on any atom is -0.0119 e. The average Bonchev–Trinajstić information content (AvgIpc) is 1.62. The molecule has 0 atom stereocenters. The third-order valence-corrected chi connectivity index (χ3v) is 0.979. The molecule has 0 saturated carbocycles. The van der Waals surface area contributed by atoms with Gasteiger partial charge >= 0.3 is 0 Å². The van der Waals surface area contributed by atoms with Gasteiger partial charge < -0.3 is 0 Å². The Morgan fingerprint density at radius 3 is 3.12 bits per heavy atom. The van der Waals surface area contributed by atoms with Gasteiger partial charge in [0.2, 0.25) is 0 Å². The molecule has 1 rings (SSSR count). The van der Waals surface area contributed by atoms with Crippen LogP contribution in [0.4, 0.5) is 0 Å². The van der Waals surface area contributed by atoms with Crippen molar-refractivity contribution in [2.75, 3.05) is 0 Å². The smallest absolute Gasteiger partial charge is 0.0119 e. The van der Waals surface area contributed by atoms with Gasteiger partial charge in [-0.25, -0.2) is 0 Å². The highest BCUT2D eigenvalue weighted by molar-refractivity contribution is 5.04. The van der Waals surface area contributed by atoms with E-state index >= 15 is 0 Å². The van der Waals surface area contributed by atoms with E-state index in [0.717, 1.165) is 12.8 Å².